The Morgan fingerprint density at radius 1 is 0.808 bits per heavy atom. The van der Waals surface area contributed by atoms with Crippen LogP contribution in [-0.2, 0) is 9.36 Å². The molecule has 1 atom stereocenters. The molecule has 0 saturated carbocycles. The molecule has 1 radical (unpaired) electrons. The number of benzene rings is 3. The van der Waals surface area contributed by atoms with E-state index in [4.69, 9.17) is 0 Å². The molecule has 26 heavy (non-hydrogen) atoms. The summed E-state index contributed by atoms with van der Waals surface area (Å²) in [6, 6.07) is 25.8. The summed E-state index contributed by atoms with van der Waals surface area (Å²) < 4.78 is 14.4. The summed E-state index contributed by atoms with van der Waals surface area (Å²) in [6.45, 7) is 0. The Kier molecular flexibility index (Phi) is 4.14. The van der Waals surface area contributed by atoms with E-state index in [1.165, 1.54) is 0 Å². The van der Waals surface area contributed by atoms with Crippen LogP contribution in [0.5, 0.6) is 0 Å². The standard InChI is InChI=1S/C21H18N2O2P/c1-23-19-15-9-8-14-18(19)22-20(21(23)24)26(25,16-10-4-2-5-11-16)17-12-6-3-7-13-17/h2-15,20H,1H3/t20-/m0/s1. The van der Waals surface area contributed by atoms with E-state index >= 15 is 0 Å². The van der Waals surface area contributed by atoms with Crippen molar-refractivity contribution >= 4 is 35.0 Å². The van der Waals surface area contributed by atoms with E-state index < -0.39 is 12.9 Å². The van der Waals surface area contributed by atoms with Gasteiger partial charge in [0, 0.05) is 17.7 Å². The second-order valence-corrected chi connectivity index (χ2v) is 9.06. The fourth-order valence-corrected chi connectivity index (χ4v) is 6.17. The van der Waals surface area contributed by atoms with Crippen molar-refractivity contribution in [3.05, 3.63) is 84.9 Å². The highest BCUT2D eigenvalue weighted by atomic mass is 31.2. The van der Waals surface area contributed by atoms with E-state index in [-0.39, 0.29) is 5.91 Å². The number of anilines is 1. The molecular weight excluding hydrogens is 343 g/mol. The fraction of sp³-hybridized carbons (Fsp3) is 0.0952. The van der Waals surface area contributed by atoms with Crippen LogP contribution in [0.4, 0.5) is 11.4 Å². The summed E-state index contributed by atoms with van der Waals surface area (Å²) in [7, 11) is -1.59. The molecule has 1 amide bonds. The summed E-state index contributed by atoms with van der Waals surface area (Å²) in [5, 5.41) is 5.93. The van der Waals surface area contributed by atoms with Crippen molar-refractivity contribution in [3.8, 4) is 0 Å². The molecule has 3 aromatic carbocycles. The van der Waals surface area contributed by atoms with Gasteiger partial charge in [-0.15, -0.1) is 0 Å². The van der Waals surface area contributed by atoms with Gasteiger partial charge in [-0.3, -0.25) is 10.1 Å². The molecule has 0 bridgehead atoms. The number of carbonyl (C=O) groups is 1. The molecule has 0 saturated heterocycles. The monoisotopic (exact) mass is 361 g/mol. The van der Waals surface area contributed by atoms with E-state index in [9.17, 15) is 9.36 Å². The van der Waals surface area contributed by atoms with Crippen LogP contribution in [0.2, 0.25) is 0 Å². The first-order chi connectivity index (χ1) is 12.6. The first-order valence-corrected chi connectivity index (χ1v) is 10.2. The van der Waals surface area contributed by atoms with Gasteiger partial charge in [-0.2, -0.15) is 0 Å². The summed E-state index contributed by atoms with van der Waals surface area (Å²) in [4.78, 5) is 14.7. The Labute approximate surface area is 152 Å². The van der Waals surface area contributed by atoms with E-state index in [1.807, 2.05) is 84.9 Å². The van der Waals surface area contributed by atoms with Gasteiger partial charge in [0.05, 0.1) is 11.4 Å². The fourth-order valence-electron chi connectivity index (χ4n) is 3.30. The highest BCUT2D eigenvalue weighted by molar-refractivity contribution is 7.80. The molecule has 1 aliphatic heterocycles. The van der Waals surface area contributed by atoms with Crippen molar-refractivity contribution in [1.29, 1.82) is 0 Å². The number of hydrogen-bond acceptors (Lipinski definition) is 2. The Hall–Kier alpha value is -2.84. The van der Waals surface area contributed by atoms with E-state index in [0.717, 1.165) is 5.69 Å². The molecule has 0 spiro atoms. The Morgan fingerprint density at radius 2 is 1.31 bits per heavy atom. The third kappa shape index (κ3) is 2.54. The minimum atomic E-state index is -3.31. The van der Waals surface area contributed by atoms with E-state index in [0.29, 0.717) is 16.3 Å². The smallest absolute Gasteiger partial charge is 0.259 e. The lowest BCUT2D eigenvalue weighted by Gasteiger charge is -2.35. The molecule has 4 rings (SSSR count). The summed E-state index contributed by atoms with van der Waals surface area (Å²) in [6.07, 6.45) is 0. The van der Waals surface area contributed by atoms with Crippen molar-refractivity contribution in [3.63, 3.8) is 0 Å². The zero-order chi connectivity index (χ0) is 18.1. The van der Waals surface area contributed by atoms with Crippen LogP contribution in [0.1, 0.15) is 0 Å². The van der Waals surface area contributed by atoms with Crippen LogP contribution in [0.15, 0.2) is 84.9 Å². The third-order valence-corrected chi connectivity index (χ3v) is 7.84. The van der Waals surface area contributed by atoms with Gasteiger partial charge in [0.25, 0.3) is 5.91 Å². The Morgan fingerprint density at radius 3 is 1.88 bits per heavy atom. The number of hydrogen-bond donors (Lipinski definition) is 0. The minimum absolute atomic E-state index is 0.250. The molecule has 0 N–H and O–H groups in total. The minimum Gasteiger partial charge on any atom is -0.311 e. The van der Waals surface area contributed by atoms with Gasteiger partial charge in [-0.25, -0.2) is 0 Å². The van der Waals surface area contributed by atoms with Crippen LogP contribution in [-0.4, -0.2) is 18.7 Å². The van der Waals surface area contributed by atoms with Gasteiger partial charge in [0.15, 0.2) is 12.9 Å². The number of nitrogens with zero attached hydrogens (tertiary/aromatic N) is 2. The predicted molar refractivity (Wildman–Crippen MR) is 105 cm³/mol. The molecule has 1 heterocycles. The van der Waals surface area contributed by atoms with Crippen LogP contribution < -0.4 is 20.8 Å². The quantitative estimate of drug-likeness (QED) is 0.673. The largest absolute Gasteiger partial charge is 0.311 e. The molecule has 129 valence electrons. The van der Waals surface area contributed by atoms with Crippen LogP contribution in [0.3, 0.4) is 0 Å². The molecule has 1 aliphatic rings. The average Bonchev–Trinajstić information content (AvgIpc) is 2.71. The zero-order valence-corrected chi connectivity index (χ0v) is 15.2. The molecular formula is C21H18N2O2P. The number of rotatable bonds is 3. The third-order valence-electron chi connectivity index (χ3n) is 4.68. The maximum atomic E-state index is 14.4. The predicted octanol–water partition coefficient (Wildman–Crippen LogP) is 3.24. The topological polar surface area (TPSA) is 51.5 Å². The van der Waals surface area contributed by atoms with Crippen molar-refractivity contribution in [2.45, 2.75) is 5.78 Å². The van der Waals surface area contributed by atoms with Gasteiger partial charge in [0.1, 0.15) is 0 Å². The Balaban J connectivity index is 1.91. The van der Waals surface area contributed by atoms with Gasteiger partial charge in [-0.1, -0.05) is 72.8 Å². The molecule has 0 aliphatic carbocycles. The van der Waals surface area contributed by atoms with Gasteiger partial charge >= 0.3 is 0 Å². The summed E-state index contributed by atoms with van der Waals surface area (Å²) >= 11 is 0. The second kappa shape index (κ2) is 6.47. The molecule has 0 aromatic heterocycles. The highest BCUT2D eigenvalue weighted by Crippen LogP contribution is 2.51. The maximum absolute atomic E-state index is 14.4. The van der Waals surface area contributed by atoms with Crippen LogP contribution >= 0.6 is 7.14 Å². The maximum Gasteiger partial charge on any atom is 0.259 e. The number of likely N-dealkylation sites (N-methyl/N-ethyl adjacent to an activating group) is 1. The van der Waals surface area contributed by atoms with Gasteiger partial charge in [0.2, 0.25) is 0 Å². The zero-order valence-electron chi connectivity index (χ0n) is 14.3. The number of amides is 1. The summed E-state index contributed by atoms with van der Waals surface area (Å²) in [5.41, 5.74) is 1.42. The van der Waals surface area contributed by atoms with E-state index in [1.54, 1.807) is 11.9 Å². The molecule has 0 unspecified atom stereocenters. The van der Waals surface area contributed by atoms with Crippen molar-refractivity contribution in [2.24, 2.45) is 0 Å². The number of carbonyl (C=O) groups excluding carboxylic acids is 1. The average molecular weight is 361 g/mol. The van der Waals surface area contributed by atoms with Crippen LogP contribution in [0, 0.1) is 0 Å². The van der Waals surface area contributed by atoms with Crippen molar-refractivity contribution < 1.29 is 9.36 Å². The molecule has 3 aromatic rings. The number of para-hydroxylation sites is 2. The van der Waals surface area contributed by atoms with Crippen molar-refractivity contribution in [1.82, 2.24) is 5.32 Å². The SMILES string of the molecule is CN1C(=O)[C@H](P(=O)(c2ccccc2)c2ccccc2)[N]c2ccccc21. The first-order valence-electron chi connectivity index (χ1n) is 8.41. The lowest BCUT2D eigenvalue weighted by Crippen LogP contribution is -2.47. The Bertz CT molecular complexity index is 946. The van der Waals surface area contributed by atoms with Gasteiger partial charge in [-0.05, 0) is 12.1 Å². The molecule has 4 nitrogen and oxygen atoms in total. The van der Waals surface area contributed by atoms with Crippen LogP contribution in [0.25, 0.3) is 0 Å². The van der Waals surface area contributed by atoms with Crippen molar-refractivity contribution in [2.75, 3.05) is 11.9 Å². The van der Waals surface area contributed by atoms with E-state index in [2.05, 4.69) is 5.32 Å². The lowest BCUT2D eigenvalue weighted by atomic mass is 10.2. The summed E-state index contributed by atoms with van der Waals surface area (Å²) in [5.74, 6) is -1.22. The second-order valence-electron chi connectivity index (χ2n) is 6.22. The first kappa shape index (κ1) is 16.6. The number of fused-ring (bicyclic) bond motifs is 1. The highest BCUT2D eigenvalue weighted by Gasteiger charge is 2.46. The molecule has 5 heteroatoms. The molecule has 0 fully saturated rings. The van der Waals surface area contributed by atoms with Gasteiger partial charge < -0.3 is 9.46 Å². The lowest BCUT2D eigenvalue weighted by molar-refractivity contribution is -0.118. The normalized spacial score (nSPS) is 16.7.